The van der Waals surface area contributed by atoms with E-state index in [1.807, 2.05) is 6.20 Å². The van der Waals surface area contributed by atoms with Gasteiger partial charge in [-0.3, -0.25) is 9.69 Å². The van der Waals surface area contributed by atoms with Gasteiger partial charge in [-0.15, -0.1) is 0 Å². The summed E-state index contributed by atoms with van der Waals surface area (Å²) in [6, 6.07) is 0.524. The van der Waals surface area contributed by atoms with Gasteiger partial charge in [-0.1, -0.05) is 6.42 Å². The molecule has 1 aliphatic carbocycles. The van der Waals surface area contributed by atoms with Crippen LogP contribution in [0.3, 0.4) is 0 Å². The van der Waals surface area contributed by atoms with Crippen LogP contribution in [0.4, 0.5) is 0 Å². The van der Waals surface area contributed by atoms with Crippen LogP contribution in [0.5, 0.6) is 0 Å². The lowest BCUT2D eigenvalue weighted by atomic mass is 9.84. The van der Waals surface area contributed by atoms with Crippen LogP contribution >= 0.6 is 0 Å². The molecule has 1 amide bonds. The second-order valence-corrected chi connectivity index (χ2v) is 6.97. The number of aromatic amines is 1. The monoisotopic (exact) mass is 288 g/mol. The summed E-state index contributed by atoms with van der Waals surface area (Å²) in [6.07, 6.45) is 9.63. The third kappa shape index (κ3) is 2.59. The summed E-state index contributed by atoms with van der Waals surface area (Å²) < 4.78 is 0. The maximum absolute atomic E-state index is 12.6. The Hall–Kier alpha value is -1.36. The molecule has 4 aliphatic rings. The number of carbonyl (C=O) groups excluding carboxylic acids is 1. The molecule has 2 atom stereocenters. The van der Waals surface area contributed by atoms with Gasteiger partial charge in [0.25, 0.3) is 0 Å². The van der Waals surface area contributed by atoms with Crippen molar-refractivity contribution < 1.29 is 4.79 Å². The fourth-order valence-electron chi connectivity index (χ4n) is 4.06. The molecule has 5 heteroatoms. The Morgan fingerprint density at radius 1 is 1.24 bits per heavy atom. The molecule has 114 valence electrons. The summed E-state index contributed by atoms with van der Waals surface area (Å²) in [6.45, 7) is 3.97. The van der Waals surface area contributed by atoms with E-state index in [1.165, 1.54) is 25.0 Å². The van der Waals surface area contributed by atoms with Crippen molar-refractivity contribution in [2.75, 3.05) is 19.6 Å². The van der Waals surface area contributed by atoms with Gasteiger partial charge in [-0.2, -0.15) is 0 Å². The van der Waals surface area contributed by atoms with Crippen LogP contribution in [0.15, 0.2) is 12.5 Å². The summed E-state index contributed by atoms with van der Waals surface area (Å²) in [5, 5.41) is 0. The number of hydrogen-bond acceptors (Lipinski definition) is 3. The third-order valence-corrected chi connectivity index (χ3v) is 5.52. The fourth-order valence-corrected chi connectivity index (χ4v) is 4.06. The Kier molecular flexibility index (Phi) is 3.45. The molecule has 0 unspecified atom stereocenters. The Bertz CT molecular complexity index is 496. The summed E-state index contributed by atoms with van der Waals surface area (Å²) in [5.74, 6) is 1.42. The topological polar surface area (TPSA) is 52.2 Å². The van der Waals surface area contributed by atoms with E-state index in [1.54, 1.807) is 6.33 Å². The lowest BCUT2D eigenvalue weighted by Gasteiger charge is -2.35. The fraction of sp³-hybridized carbons (Fsp3) is 0.750. The largest absolute Gasteiger partial charge is 0.347 e. The van der Waals surface area contributed by atoms with E-state index in [4.69, 9.17) is 0 Å². The quantitative estimate of drug-likeness (QED) is 0.920. The van der Waals surface area contributed by atoms with Crippen molar-refractivity contribution in [3.05, 3.63) is 18.2 Å². The lowest BCUT2D eigenvalue weighted by Crippen LogP contribution is -2.45. The molecule has 1 saturated carbocycles. The molecule has 1 aromatic heterocycles. The van der Waals surface area contributed by atoms with E-state index < -0.39 is 0 Å². The number of piperidine rings is 1. The van der Waals surface area contributed by atoms with Crippen molar-refractivity contribution >= 4 is 5.91 Å². The minimum atomic E-state index is 0.337. The summed E-state index contributed by atoms with van der Waals surface area (Å²) in [5.41, 5.74) is 1.18. The van der Waals surface area contributed by atoms with Gasteiger partial charge in [0.1, 0.15) is 0 Å². The standard InChI is InChI=1S/C16H24N4O/c21-16(13-2-1-3-13)20-8-12-4-5-15(10-20)19(7-12)9-14-6-17-11-18-14/h6,11-13,15H,1-5,7-10H2,(H,17,18)/t12-,15-/m0/s1. The number of aromatic nitrogens is 2. The summed E-state index contributed by atoms with van der Waals surface area (Å²) in [4.78, 5) is 24.6. The van der Waals surface area contributed by atoms with Crippen LogP contribution in [-0.2, 0) is 11.3 Å². The van der Waals surface area contributed by atoms with Gasteiger partial charge in [0.15, 0.2) is 0 Å². The van der Waals surface area contributed by atoms with Crippen LogP contribution in [0.25, 0.3) is 0 Å². The van der Waals surface area contributed by atoms with Crippen molar-refractivity contribution in [2.24, 2.45) is 11.8 Å². The van der Waals surface area contributed by atoms with Gasteiger partial charge in [-0.05, 0) is 31.6 Å². The molecule has 0 radical (unpaired) electrons. The number of imidazole rings is 1. The van der Waals surface area contributed by atoms with Gasteiger partial charge >= 0.3 is 0 Å². The number of fused-ring (bicyclic) bond motifs is 4. The van der Waals surface area contributed by atoms with Crippen molar-refractivity contribution in [1.82, 2.24) is 19.8 Å². The van der Waals surface area contributed by atoms with Gasteiger partial charge in [0.05, 0.1) is 6.33 Å². The average Bonchev–Trinajstić information content (AvgIpc) is 2.75. The molecule has 0 aromatic carbocycles. The van der Waals surface area contributed by atoms with E-state index in [0.717, 1.165) is 39.0 Å². The van der Waals surface area contributed by atoms with Crippen molar-refractivity contribution in [3.63, 3.8) is 0 Å². The highest BCUT2D eigenvalue weighted by molar-refractivity contribution is 5.79. The van der Waals surface area contributed by atoms with Crippen LogP contribution in [0, 0.1) is 11.8 Å². The molecule has 3 aliphatic heterocycles. The molecule has 4 heterocycles. The maximum Gasteiger partial charge on any atom is 0.225 e. The second-order valence-electron chi connectivity index (χ2n) is 6.97. The first-order chi connectivity index (χ1) is 10.3. The first-order valence-electron chi connectivity index (χ1n) is 8.29. The Labute approximate surface area is 125 Å². The van der Waals surface area contributed by atoms with E-state index in [0.29, 0.717) is 23.8 Å². The zero-order valence-corrected chi connectivity index (χ0v) is 12.5. The molecular weight excluding hydrogens is 264 g/mol. The number of amides is 1. The first-order valence-corrected chi connectivity index (χ1v) is 8.29. The lowest BCUT2D eigenvalue weighted by molar-refractivity contribution is -0.138. The Morgan fingerprint density at radius 3 is 2.86 bits per heavy atom. The zero-order chi connectivity index (χ0) is 14.2. The predicted octanol–water partition coefficient (Wildman–Crippen LogP) is 1.63. The number of nitrogens with one attached hydrogen (secondary N) is 1. The zero-order valence-electron chi connectivity index (χ0n) is 12.5. The van der Waals surface area contributed by atoms with Gasteiger partial charge < -0.3 is 9.88 Å². The van der Waals surface area contributed by atoms with Crippen LogP contribution in [-0.4, -0.2) is 51.4 Å². The van der Waals surface area contributed by atoms with Crippen molar-refractivity contribution in [3.8, 4) is 0 Å². The minimum Gasteiger partial charge on any atom is -0.347 e. The molecule has 5 rings (SSSR count). The molecule has 2 bridgehead atoms. The molecular formula is C16H24N4O. The van der Waals surface area contributed by atoms with Gasteiger partial charge in [0.2, 0.25) is 5.91 Å². The van der Waals surface area contributed by atoms with Crippen LogP contribution in [0.2, 0.25) is 0 Å². The molecule has 0 spiro atoms. The third-order valence-electron chi connectivity index (χ3n) is 5.52. The summed E-state index contributed by atoms with van der Waals surface area (Å²) >= 11 is 0. The SMILES string of the molecule is O=C(C1CCC1)N1C[C@H]2CC[C@@H](C1)N(Cc1cnc[nH]1)C2. The minimum absolute atomic E-state index is 0.337. The van der Waals surface area contributed by atoms with Gasteiger partial charge in [0, 0.05) is 50.0 Å². The highest BCUT2D eigenvalue weighted by atomic mass is 16.2. The molecule has 1 aromatic rings. The van der Waals surface area contributed by atoms with Crippen LogP contribution < -0.4 is 0 Å². The molecule has 3 saturated heterocycles. The normalized spacial score (nSPS) is 30.2. The number of nitrogens with zero attached hydrogens (tertiary/aromatic N) is 3. The number of H-pyrrole nitrogens is 1. The van der Waals surface area contributed by atoms with E-state index in [9.17, 15) is 4.79 Å². The molecule has 21 heavy (non-hydrogen) atoms. The summed E-state index contributed by atoms with van der Waals surface area (Å²) in [7, 11) is 0. The van der Waals surface area contributed by atoms with Crippen molar-refractivity contribution in [1.29, 1.82) is 0 Å². The van der Waals surface area contributed by atoms with Crippen LogP contribution in [0.1, 0.15) is 37.8 Å². The average molecular weight is 288 g/mol. The number of carbonyl (C=O) groups is 1. The van der Waals surface area contributed by atoms with E-state index >= 15 is 0 Å². The van der Waals surface area contributed by atoms with Gasteiger partial charge in [-0.25, -0.2) is 4.98 Å². The predicted molar refractivity (Wildman–Crippen MR) is 79.4 cm³/mol. The first kappa shape index (κ1) is 13.3. The maximum atomic E-state index is 12.6. The molecule has 5 nitrogen and oxygen atoms in total. The number of hydrogen-bond donors (Lipinski definition) is 1. The Morgan fingerprint density at radius 2 is 2.14 bits per heavy atom. The highest BCUT2D eigenvalue weighted by Crippen LogP contribution is 2.33. The van der Waals surface area contributed by atoms with Crippen molar-refractivity contribution in [2.45, 2.75) is 44.7 Å². The molecule has 1 N–H and O–H groups in total. The van der Waals surface area contributed by atoms with E-state index in [-0.39, 0.29) is 0 Å². The van der Waals surface area contributed by atoms with E-state index in [2.05, 4.69) is 19.8 Å². The Balaban J connectivity index is 1.45. The molecule has 4 fully saturated rings. The number of rotatable bonds is 3. The smallest absolute Gasteiger partial charge is 0.225 e. The highest BCUT2D eigenvalue weighted by Gasteiger charge is 2.39. The second kappa shape index (κ2) is 5.44.